The standard InChI is InChI=1S/C11H9F3N2OS/c12-6-5-7-10(9(14)8(6)13)15-11(18-7)16-1-3-17-4-2-16/h5H,1-4H2. The lowest BCUT2D eigenvalue weighted by Crippen LogP contribution is -2.36. The molecule has 1 aromatic carbocycles. The highest BCUT2D eigenvalue weighted by atomic mass is 32.1. The van der Waals surface area contributed by atoms with Gasteiger partial charge in [-0.1, -0.05) is 11.3 Å². The summed E-state index contributed by atoms with van der Waals surface area (Å²) in [6, 6.07) is 0.982. The van der Waals surface area contributed by atoms with Crippen LogP contribution in [0.15, 0.2) is 6.07 Å². The van der Waals surface area contributed by atoms with Gasteiger partial charge in [0.25, 0.3) is 0 Å². The first-order valence-corrected chi connectivity index (χ1v) is 6.25. The molecule has 1 aromatic heterocycles. The van der Waals surface area contributed by atoms with Crippen LogP contribution < -0.4 is 4.90 Å². The van der Waals surface area contributed by atoms with E-state index in [0.29, 0.717) is 36.1 Å². The van der Waals surface area contributed by atoms with E-state index in [2.05, 4.69) is 4.98 Å². The third-order valence-electron chi connectivity index (χ3n) is 2.79. The number of hydrogen-bond donors (Lipinski definition) is 0. The number of morpholine rings is 1. The lowest BCUT2D eigenvalue weighted by atomic mass is 10.3. The summed E-state index contributed by atoms with van der Waals surface area (Å²) in [5.41, 5.74) is -0.111. The summed E-state index contributed by atoms with van der Waals surface area (Å²) in [4.78, 5) is 5.97. The molecule has 0 bridgehead atoms. The van der Waals surface area contributed by atoms with E-state index >= 15 is 0 Å². The molecule has 2 heterocycles. The van der Waals surface area contributed by atoms with Crippen molar-refractivity contribution in [3.8, 4) is 0 Å². The second-order valence-corrected chi connectivity index (χ2v) is 4.94. The predicted octanol–water partition coefficient (Wildman–Crippen LogP) is 2.55. The first kappa shape index (κ1) is 11.7. The van der Waals surface area contributed by atoms with E-state index in [9.17, 15) is 13.2 Å². The summed E-state index contributed by atoms with van der Waals surface area (Å²) in [5, 5.41) is 0.567. The van der Waals surface area contributed by atoms with Crippen molar-refractivity contribution in [2.24, 2.45) is 0 Å². The zero-order valence-corrected chi connectivity index (χ0v) is 10.1. The van der Waals surface area contributed by atoms with Crippen molar-refractivity contribution in [1.82, 2.24) is 4.98 Å². The maximum absolute atomic E-state index is 13.5. The van der Waals surface area contributed by atoms with Crippen molar-refractivity contribution < 1.29 is 17.9 Å². The number of aromatic nitrogens is 1. The molecular formula is C11H9F3N2OS. The van der Waals surface area contributed by atoms with Crippen LogP contribution in [0.3, 0.4) is 0 Å². The van der Waals surface area contributed by atoms with Crippen molar-refractivity contribution in [1.29, 1.82) is 0 Å². The van der Waals surface area contributed by atoms with Gasteiger partial charge in [-0.2, -0.15) is 0 Å². The minimum absolute atomic E-state index is 0.111. The molecule has 0 amide bonds. The van der Waals surface area contributed by atoms with Crippen LogP contribution in [0.25, 0.3) is 10.2 Å². The summed E-state index contributed by atoms with van der Waals surface area (Å²) < 4.78 is 45.2. The van der Waals surface area contributed by atoms with Crippen molar-refractivity contribution in [2.45, 2.75) is 0 Å². The third kappa shape index (κ3) is 1.83. The maximum atomic E-state index is 13.5. The molecule has 18 heavy (non-hydrogen) atoms. The predicted molar refractivity (Wildman–Crippen MR) is 62.5 cm³/mol. The summed E-state index contributed by atoms with van der Waals surface area (Å²) in [5.74, 6) is -3.88. The van der Waals surface area contributed by atoms with E-state index < -0.39 is 17.5 Å². The molecule has 1 fully saturated rings. The lowest BCUT2D eigenvalue weighted by Gasteiger charge is -2.25. The van der Waals surface area contributed by atoms with Gasteiger partial charge in [0.15, 0.2) is 22.6 Å². The number of benzene rings is 1. The highest BCUT2D eigenvalue weighted by Crippen LogP contribution is 2.32. The molecule has 3 nitrogen and oxygen atoms in total. The molecule has 3 rings (SSSR count). The highest BCUT2D eigenvalue weighted by molar-refractivity contribution is 7.22. The minimum Gasteiger partial charge on any atom is -0.378 e. The fourth-order valence-electron chi connectivity index (χ4n) is 1.85. The van der Waals surface area contributed by atoms with Gasteiger partial charge < -0.3 is 9.64 Å². The second kappa shape index (κ2) is 4.40. The van der Waals surface area contributed by atoms with Gasteiger partial charge in [0.2, 0.25) is 0 Å². The first-order chi connectivity index (χ1) is 8.66. The molecule has 1 aliphatic heterocycles. The minimum atomic E-state index is -1.47. The Bertz CT molecular complexity index is 595. The first-order valence-electron chi connectivity index (χ1n) is 5.43. The molecule has 2 aromatic rings. The number of ether oxygens (including phenoxy) is 1. The Hall–Kier alpha value is -1.34. The molecule has 1 saturated heterocycles. The number of thiazole rings is 1. The Kier molecular flexibility index (Phi) is 2.87. The van der Waals surface area contributed by atoms with E-state index in [4.69, 9.17) is 4.74 Å². The molecular weight excluding hydrogens is 265 g/mol. The smallest absolute Gasteiger partial charge is 0.196 e. The van der Waals surface area contributed by atoms with E-state index in [0.717, 1.165) is 17.4 Å². The number of halogens is 3. The Morgan fingerprint density at radius 2 is 1.89 bits per heavy atom. The number of anilines is 1. The van der Waals surface area contributed by atoms with Crippen LogP contribution in [0.2, 0.25) is 0 Å². The van der Waals surface area contributed by atoms with E-state index in [1.807, 2.05) is 4.90 Å². The van der Waals surface area contributed by atoms with Crippen LogP contribution in [0.5, 0.6) is 0 Å². The Morgan fingerprint density at radius 3 is 2.61 bits per heavy atom. The highest BCUT2D eigenvalue weighted by Gasteiger charge is 2.20. The molecule has 0 N–H and O–H groups in total. The van der Waals surface area contributed by atoms with Crippen LogP contribution in [-0.4, -0.2) is 31.3 Å². The van der Waals surface area contributed by atoms with Crippen LogP contribution in [-0.2, 0) is 4.74 Å². The topological polar surface area (TPSA) is 25.4 Å². The van der Waals surface area contributed by atoms with Gasteiger partial charge in [-0.3, -0.25) is 0 Å². The van der Waals surface area contributed by atoms with Gasteiger partial charge in [-0.05, 0) is 6.07 Å². The molecule has 1 aliphatic rings. The normalized spacial score (nSPS) is 16.5. The monoisotopic (exact) mass is 274 g/mol. The molecule has 0 unspecified atom stereocenters. The van der Waals surface area contributed by atoms with Crippen molar-refractivity contribution in [2.75, 3.05) is 31.2 Å². The molecule has 0 atom stereocenters. The quantitative estimate of drug-likeness (QED) is 0.747. The van der Waals surface area contributed by atoms with Crippen LogP contribution in [0, 0.1) is 17.5 Å². The van der Waals surface area contributed by atoms with Gasteiger partial charge in [0.05, 0.1) is 17.9 Å². The van der Waals surface area contributed by atoms with Gasteiger partial charge in [-0.25, -0.2) is 18.2 Å². The second-order valence-electron chi connectivity index (χ2n) is 3.93. The number of fused-ring (bicyclic) bond motifs is 1. The summed E-state index contributed by atoms with van der Waals surface area (Å²) >= 11 is 1.15. The number of hydrogen-bond acceptors (Lipinski definition) is 4. The average molecular weight is 274 g/mol. The Labute approximate surface area is 105 Å². The fraction of sp³-hybridized carbons (Fsp3) is 0.364. The van der Waals surface area contributed by atoms with Gasteiger partial charge in [0.1, 0.15) is 5.52 Å². The molecule has 0 radical (unpaired) electrons. The van der Waals surface area contributed by atoms with Crippen molar-refractivity contribution in [3.05, 3.63) is 23.5 Å². The van der Waals surface area contributed by atoms with Crippen LogP contribution in [0.1, 0.15) is 0 Å². The van der Waals surface area contributed by atoms with Gasteiger partial charge in [0, 0.05) is 13.1 Å². The molecule has 0 aliphatic carbocycles. The lowest BCUT2D eigenvalue weighted by molar-refractivity contribution is 0.122. The summed E-state index contributed by atoms with van der Waals surface area (Å²) in [6.07, 6.45) is 0. The fourth-order valence-corrected chi connectivity index (χ4v) is 2.89. The largest absolute Gasteiger partial charge is 0.378 e. The van der Waals surface area contributed by atoms with E-state index in [1.54, 1.807) is 0 Å². The summed E-state index contributed by atoms with van der Waals surface area (Å²) in [6.45, 7) is 2.43. The molecule has 0 saturated carbocycles. The Morgan fingerprint density at radius 1 is 1.17 bits per heavy atom. The Balaban J connectivity index is 2.07. The zero-order valence-electron chi connectivity index (χ0n) is 9.25. The SMILES string of the molecule is Fc1cc2sc(N3CCOCC3)nc2c(F)c1F. The van der Waals surface area contributed by atoms with Crippen LogP contribution >= 0.6 is 11.3 Å². The maximum Gasteiger partial charge on any atom is 0.196 e. The third-order valence-corrected chi connectivity index (χ3v) is 3.85. The molecule has 0 spiro atoms. The number of nitrogens with zero attached hydrogens (tertiary/aromatic N) is 2. The van der Waals surface area contributed by atoms with Crippen molar-refractivity contribution in [3.63, 3.8) is 0 Å². The van der Waals surface area contributed by atoms with Crippen LogP contribution in [0.4, 0.5) is 18.3 Å². The van der Waals surface area contributed by atoms with Crippen molar-refractivity contribution >= 4 is 26.7 Å². The van der Waals surface area contributed by atoms with Gasteiger partial charge >= 0.3 is 0 Å². The van der Waals surface area contributed by atoms with E-state index in [1.165, 1.54) is 0 Å². The summed E-state index contributed by atoms with van der Waals surface area (Å²) in [7, 11) is 0. The van der Waals surface area contributed by atoms with E-state index in [-0.39, 0.29) is 5.52 Å². The van der Waals surface area contributed by atoms with Gasteiger partial charge in [-0.15, -0.1) is 0 Å². The molecule has 7 heteroatoms. The zero-order chi connectivity index (χ0) is 12.7. The average Bonchev–Trinajstić information content (AvgIpc) is 2.81. The molecule has 96 valence electrons. The number of rotatable bonds is 1.